The summed E-state index contributed by atoms with van der Waals surface area (Å²) in [4.78, 5) is 100. The molecule has 0 radical (unpaired) electrons. The van der Waals surface area contributed by atoms with Gasteiger partial charge in [0.1, 0.15) is 35.4 Å². The SMILES string of the molecule is C=CCOC(=O)c1ccc(NC(=O)c2ccc(NC(=O)c3ccc(NC(=O)CN)c(OC(C)C)c3)c(OCC(C)C)c2)c(OC(C)C)c1.CC(C)COc1cc(C(=O)Nc2ccc(C(N)=O)cc2OC(C)C)ccc1NC(=O)c1ccc([N+](=O)[O-])c(OCC(C)C)c1. The number of nitrogens with two attached hydrogens (primary N) is 2. The Morgan fingerprint density at radius 1 is 0.457 bits per heavy atom. The van der Waals surface area contributed by atoms with Gasteiger partial charge in [0.2, 0.25) is 11.8 Å². The van der Waals surface area contributed by atoms with Crippen molar-refractivity contribution < 1.29 is 71.6 Å². The van der Waals surface area contributed by atoms with Crippen LogP contribution in [0.25, 0.3) is 0 Å². The van der Waals surface area contributed by atoms with Crippen molar-refractivity contribution in [3.8, 4) is 34.5 Å². The lowest BCUT2D eigenvalue weighted by molar-refractivity contribution is -0.385. The van der Waals surface area contributed by atoms with Gasteiger partial charge in [-0.1, -0.05) is 54.2 Å². The van der Waals surface area contributed by atoms with Gasteiger partial charge >= 0.3 is 11.7 Å². The van der Waals surface area contributed by atoms with E-state index in [1.165, 1.54) is 84.9 Å². The first kappa shape index (κ1) is 72.3. The van der Waals surface area contributed by atoms with Crippen molar-refractivity contribution in [2.45, 2.75) is 101 Å². The number of nitrogens with zero attached hydrogens (tertiary/aromatic N) is 1. The number of nitro groups is 1. The van der Waals surface area contributed by atoms with Crippen LogP contribution >= 0.6 is 0 Å². The summed E-state index contributed by atoms with van der Waals surface area (Å²) in [5.74, 6) is -1.72. The Kier molecular flexibility index (Phi) is 27.1. The van der Waals surface area contributed by atoms with Crippen molar-refractivity contribution in [3.63, 3.8) is 0 Å². The second kappa shape index (κ2) is 34.5. The molecule has 6 rings (SSSR count). The maximum atomic E-state index is 13.4. The molecular formula is C68H82N8O16. The van der Waals surface area contributed by atoms with Crippen LogP contribution in [0.15, 0.2) is 122 Å². The fourth-order valence-corrected chi connectivity index (χ4v) is 8.01. The van der Waals surface area contributed by atoms with Crippen LogP contribution in [0, 0.1) is 27.9 Å². The molecule has 0 aliphatic carbocycles. The molecule has 0 saturated carbocycles. The standard InChI is InChI=1S/C36H44N4O8.C32H38N4O8/c1-8-15-45-36(44)26-11-14-29(32(18-26)48-23(6)7)40-34(42)24-9-12-27(30(16-24)46-20-21(2)3)39-35(43)25-10-13-28(38-33(41)19-37)31(17-25)47-22(4)5;1-18(2)16-42-27-14-22(31(38)35-25-10-7-21(30(33)37)13-28(25)44-20(5)6)8-11-24(27)34-32(39)23-9-12-26(36(40)41)29(15-23)43-17-19(3)4/h8-14,16-18,21-23H,1,15,19-20,37H2,2-7H3,(H,38,41)(H,39,43)(H,40,42);7-15,18-20H,16-17H2,1-6H3,(H2,33,37)(H,34,39)(H,35,38). The molecule has 0 aliphatic heterocycles. The lowest BCUT2D eigenvalue weighted by atomic mass is 10.1. The molecule has 24 nitrogen and oxygen atoms in total. The Balaban J connectivity index is 0.000000335. The van der Waals surface area contributed by atoms with E-state index in [0.29, 0.717) is 53.1 Å². The minimum absolute atomic E-state index is 0.00988. The number of rotatable bonds is 30. The number of hydrogen-bond donors (Lipinski definition) is 7. The number of nitrogens with one attached hydrogen (secondary N) is 5. The number of primary amides is 1. The molecule has 9 N–H and O–H groups in total. The number of esters is 1. The van der Waals surface area contributed by atoms with Gasteiger partial charge in [-0.25, -0.2) is 4.79 Å². The topological polar surface area (TPSA) is 339 Å². The first-order valence-electron chi connectivity index (χ1n) is 29.8. The second-order valence-electron chi connectivity index (χ2n) is 22.9. The Morgan fingerprint density at radius 2 is 0.761 bits per heavy atom. The van der Waals surface area contributed by atoms with E-state index >= 15 is 0 Å². The normalized spacial score (nSPS) is 10.9. The van der Waals surface area contributed by atoms with E-state index in [0.717, 1.165) is 0 Å². The summed E-state index contributed by atoms with van der Waals surface area (Å²) in [6.07, 6.45) is 0.766. The molecule has 0 heterocycles. The molecule has 0 unspecified atom stereocenters. The summed E-state index contributed by atoms with van der Waals surface area (Å²) < 4.78 is 40.2. The van der Waals surface area contributed by atoms with Crippen molar-refractivity contribution in [1.29, 1.82) is 0 Å². The number of carbonyl (C=O) groups is 7. The molecule has 0 aromatic heterocycles. The molecule has 24 heteroatoms. The van der Waals surface area contributed by atoms with E-state index in [1.807, 2.05) is 83.1 Å². The number of nitro benzene ring substituents is 1. The van der Waals surface area contributed by atoms with Crippen LogP contribution in [0.4, 0.5) is 34.1 Å². The fraction of sp³-hybridized carbons (Fsp3) is 0.338. The smallest absolute Gasteiger partial charge is 0.338 e. The minimum atomic E-state index is -0.630. The largest absolute Gasteiger partial charge is 0.491 e. The molecule has 490 valence electrons. The van der Waals surface area contributed by atoms with E-state index in [4.69, 9.17) is 44.6 Å². The number of benzene rings is 6. The van der Waals surface area contributed by atoms with Crippen molar-refractivity contribution in [1.82, 2.24) is 0 Å². The lowest BCUT2D eigenvalue weighted by Gasteiger charge is -2.18. The van der Waals surface area contributed by atoms with Gasteiger partial charge < -0.3 is 71.2 Å². The van der Waals surface area contributed by atoms with Crippen molar-refractivity contribution in [2.75, 3.05) is 59.6 Å². The van der Waals surface area contributed by atoms with Crippen molar-refractivity contribution in [2.24, 2.45) is 29.2 Å². The number of carbonyl (C=O) groups excluding carboxylic acids is 7. The van der Waals surface area contributed by atoms with Crippen LogP contribution in [-0.2, 0) is 9.53 Å². The molecule has 0 atom stereocenters. The fourth-order valence-electron chi connectivity index (χ4n) is 8.01. The predicted molar refractivity (Wildman–Crippen MR) is 352 cm³/mol. The van der Waals surface area contributed by atoms with Crippen LogP contribution in [0.5, 0.6) is 34.5 Å². The summed E-state index contributed by atoms with van der Waals surface area (Å²) >= 11 is 0. The van der Waals surface area contributed by atoms with Gasteiger partial charge in [-0.2, -0.15) is 0 Å². The van der Waals surface area contributed by atoms with Gasteiger partial charge in [-0.3, -0.25) is 38.9 Å². The zero-order valence-corrected chi connectivity index (χ0v) is 53.8. The lowest BCUT2D eigenvalue weighted by Crippen LogP contribution is -2.23. The van der Waals surface area contributed by atoms with E-state index in [9.17, 15) is 43.7 Å². The van der Waals surface area contributed by atoms with Gasteiger partial charge in [-0.05, 0) is 156 Å². The molecule has 6 amide bonds. The highest BCUT2D eigenvalue weighted by atomic mass is 16.6. The predicted octanol–water partition coefficient (Wildman–Crippen LogP) is 12.1. The van der Waals surface area contributed by atoms with Gasteiger partial charge in [-0.15, -0.1) is 0 Å². The van der Waals surface area contributed by atoms with E-state index in [2.05, 4.69) is 33.2 Å². The number of ether oxygens (including phenoxy) is 7. The van der Waals surface area contributed by atoms with Crippen LogP contribution in [0.3, 0.4) is 0 Å². The van der Waals surface area contributed by atoms with Crippen LogP contribution in [-0.4, -0.2) is 97.6 Å². The van der Waals surface area contributed by atoms with Crippen LogP contribution in [0.1, 0.15) is 145 Å². The van der Waals surface area contributed by atoms with Gasteiger partial charge in [0.15, 0.2) is 5.75 Å². The zero-order chi connectivity index (χ0) is 67.9. The maximum Gasteiger partial charge on any atom is 0.338 e. The summed E-state index contributed by atoms with van der Waals surface area (Å²) in [6.45, 7) is 26.9. The average molecular weight is 1270 g/mol. The Labute approximate surface area is 535 Å². The maximum absolute atomic E-state index is 13.4. The molecule has 6 aromatic rings. The summed E-state index contributed by atoms with van der Waals surface area (Å²) in [6, 6.07) is 26.8. The molecule has 0 bridgehead atoms. The van der Waals surface area contributed by atoms with Gasteiger partial charge in [0.25, 0.3) is 23.6 Å². The van der Waals surface area contributed by atoms with Crippen LogP contribution < -0.4 is 66.5 Å². The Hall–Kier alpha value is -10.5. The second-order valence-corrected chi connectivity index (χ2v) is 22.9. The third-order valence-electron chi connectivity index (χ3n) is 12.2. The molecule has 6 aromatic carbocycles. The summed E-state index contributed by atoms with van der Waals surface area (Å²) in [5, 5.41) is 25.4. The van der Waals surface area contributed by atoms with E-state index in [-0.39, 0.29) is 118 Å². The van der Waals surface area contributed by atoms with Gasteiger partial charge in [0, 0.05) is 39.9 Å². The molecular weight excluding hydrogens is 1180 g/mol. The number of anilines is 5. The average Bonchev–Trinajstić information content (AvgIpc) is 0.908. The highest BCUT2D eigenvalue weighted by Crippen LogP contribution is 2.35. The first-order chi connectivity index (χ1) is 43.5. The van der Waals surface area contributed by atoms with Crippen molar-refractivity contribution >= 4 is 75.5 Å². The third-order valence-corrected chi connectivity index (χ3v) is 12.2. The minimum Gasteiger partial charge on any atom is -0.491 e. The summed E-state index contributed by atoms with van der Waals surface area (Å²) in [7, 11) is 0. The highest BCUT2D eigenvalue weighted by molar-refractivity contribution is 6.10. The quantitative estimate of drug-likeness (QED) is 0.00953. The highest BCUT2D eigenvalue weighted by Gasteiger charge is 2.24. The monoisotopic (exact) mass is 1270 g/mol. The third kappa shape index (κ3) is 22.2. The summed E-state index contributed by atoms with van der Waals surface area (Å²) in [5.41, 5.74) is 13.7. The molecule has 0 fully saturated rings. The van der Waals surface area contributed by atoms with E-state index in [1.54, 1.807) is 30.3 Å². The van der Waals surface area contributed by atoms with Gasteiger partial charge in [0.05, 0.1) is 83.6 Å². The zero-order valence-electron chi connectivity index (χ0n) is 53.8. The van der Waals surface area contributed by atoms with E-state index < -0.39 is 46.3 Å². The van der Waals surface area contributed by atoms with Crippen molar-refractivity contribution in [3.05, 3.63) is 165 Å². The molecule has 0 saturated heterocycles. The molecule has 0 aliphatic rings. The molecule has 0 spiro atoms. The number of amides is 6. The number of hydrogen-bond acceptors (Lipinski definition) is 17. The molecule has 92 heavy (non-hydrogen) atoms. The van der Waals surface area contributed by atoms with Crippen LogP contribution in [0.2, 0.25) is 0 Å². The Morgan fingerprint density at radius 3 is 1.11 bits per heavy atom. The Bertz CT molecular complexity index is 3640. The first-order valence-corrected chi connectivity index (χ1v) is 29.8.